The molecule has 2 aromatic rings. The van der Waals surface area contributed by atoms with Gasteiger partial charge in [0.25, 0.3) is 0 Å². The summed E-state index contributed by atoms with van der Waals surface area (Å²) >= 11 is 6.19. The normalized spacial score (nSPS) is 24.1. The van der Waals surface area contributed by atoms with E-state index >= 15 is 0 Å². The number of benzene rings is 2. The zero-order chi connectivity index (χ0) is 24.0. The molecule has 7 nitrogen and oxygen atoms in total. The zero-order valence-corrected chi connectivity index (χ0v) is 19.3. The lowest BCUT2D eigenvalue weighted by atomic mass is 9.85. The van der Waals surface area contributed by atoms with Crippen molar-refractivity contribution in [3.8, 4) is 5.75 Å². The number of hydrogen-bond donors (Lipinski definition) is 0. The van der Waals surface area contributed by atoms with E-state index < -0.39 is 11.9 Å². The molecule has 5 rings (SSSR count). The summed E-state index contributed by atoms with van der Waals surface area (Å²) < 4.78 is 5.57. The third kappa shape index (κ3) is 3.80. The molecule has 0 unspecified atom stereocenters. The number of anilines is 2. The average molecular weight is 479 g/mol. The van der Waals surface area contributed by atoms with Gasteiger partial charge in [-0.1, -0.05) is 35.9 Å². The summed E-state index contributed by atoms with van der Waals surface area (Å²) in [4.78, 5) is 54.0. The SMILES string of the molecule is Cc1c(Cl)cccc1N1C[C@H](C(=O)Oc2cccc(N3C(=O)[C@@H]4CC=CC[C@H]4C3=O)c2)CC1=O. The van der Waals surface area contributed by atoms with Gasteiger partial charge in [-0.3, -0.25) is 19.2 Å². The third-order valence-electron chi connectivity index (χ3n) is 6.79. The van der Waals surface area contributed by atoms with Crippen molar-refractivity contribution in [2.24, 2.45) is 17.8 Å². The maximum Gasteiger partial charge on any atom is 0.316 e. The summed E-state index contributed by atoms with van der Waals surface area (Å²) in [5.41, 5.74) is 1.83. The van der Waals surface area contributed by atoms with Gasteiger partial charge in [-0.05, 0) is 49.6 Å². The van der Waals surface area contributed by atoms with Crippen molar-refractivity contribution in [1.82, 2.24) is 0 Å². The van der Waals surface area contributed by atoms with Crippen LogP contribution in [-0.2, 0) is 19.2 Å². The van der Waals surface area contributed by atoms with Gasteiger partial charge >= 0.3 is 5.97 Å². The number of nitrogens with zero attached hydrogens (tertiary/aromatic N) is 2. The van der Waals surface area contributed by atoms with E-state index in [4.69, 9.17) is 16.3 Å². The summed E-state index contributed by atoms with van der Waals surface area (Å²) in [6, 6.07) is 11.7. The van der Waals surface area contributed by atoms with Crippen LogP contribution in [0.4, 0.5) is 11.4 Å². The fourth-order valence-electron chi connectivity index (χ4n) is 4.93. The van der Waals surface area contributed by atoms with Crippen LogP contribution in [0.2, 0.25) is 5.02 Å². The van der Waals surface area contributed by atoms with Crippen LogP contribution in [0.5, 0.6) is 5.75 Å². The van der Waals surface area contributed by atoms with Crippen molar-refractivity contribution in [2.75, 3.05) is 16.3 Å². The van der Waals surface area contributed by atoms with E-state index in [2.05, 4.69) is 0 Å². The summed E-state index contributed by atoms with van der Waals surface area (Å²) in [6.07, 6.45) is 5.01. The van der Waals surface area contributed by atoms with Gasteiger partial charge in [0.1, 0.15) is 5.75 Å². The third-order valence-corrected chi connectivity index (χ3v) is 7.20. The summed E-state index contributed by atoms with van der Waals surface area (Å²) in [6.45, 7) is 2.02. The van der Waals surface area contributed by atoms with E-state index in [1.54, 1.807) is 41.3 Å². The van der Waals surface area contributed by atoms with Crippen LogP contribution in [0.1, 0.15) is 24.8 Å². The standard InChI is InChI=1S/C26H23ClN2O5/c1-15-21(27)10-5-11-22(15)28-14-16(12-23(28)30)26(33)34-18-7-4-6-17(13-18)29-24(31)19-8-2-3-9-20(19)25(29)32/h2-7,10-11,13,16,19-20H,8-9,12,14H2,1H3/t16-,19-,20-/m1/s1. The van der Waals surface area contributed by atoms with Crippen molar-refractivity contribution in [3.05, 3.63) is 65.2 Å². The Bertz CT molecular complexity index is 1210. The van der Waals surface area contributed by atoms with Gasteiger partial charge < -0.3 is 9.64 Å². The van der Waals surface area contributed by atoms with E-state index in [1.165, 1.54) is 11.0 Å². The van der Waals surface area contributed by atoms with Crippen LogP contribution in [0.3, 0.4) is 0 Å². The number of esters is 1. The molecule has 2 aliphatic heterocycles. The smallest absolute Gasteiger partial charge is 0.316 e. The second-order valence-electron chi connectivity index (χ2n) is 8.88. The molecule has 2 saturated heterocycles. The number of ether oxygens (including phenoxy) is 1. The molecule has 2 aromatic carbocycles. The lowest BCUT2D eigenvalue weighted by Crippen LogP contribution is -2.31. The van der Waals surface area contributed by atoms with Crippen molar-refractivity contribution < 1.29 is 23.9 Å². The van der Waals surface area contributed by atoms with Crippen molar-refractivity contribution in [3.63, 3.8) is 0 Å². The molecule has 3 aliphatic rings. The van der Waals surface area contributed by atoms with E-state index in [-0.39, 0.29) is 48.3 Å². The zero-order valence-electron chi connectivity index (χ0n) is 18.6. The first-order valence-electron chi connectivity index (χ1n) is 11.2. The average Bonchev–Trinajstić information content (AvgIpc) is 3.33. The van der Waals surface area contributed by atoms with Crippen LogP contribution < -0.4 is 14.5 Å². The second kappa shape index (κ2) is 8.72. The van der Waals surface area contributed by atoms with Crippen LogP contribution in [0.15, 0.2) is 54.6 Å². The van der Waals surface area contributed by atoms with Gasteiger partial charge in [0, 0.05) is 29.7 Å². The highest BCUT2D eigenvalue weighted by Gasteiger charge is 2.48. The Hall–Kier alpha value is -3.45. The summed E-state index contributed by atoms with van der Waals surface area (Å²) in [5.74, 6) is -2.26. The van der Waals surface area contributed by atoms with Crippen molar-refractivity contribution >= 4 is 46.7 Å². The molecule has 0 saturated carbocycles. The minimum atomic E-state index is -0.640. The van der Waals surface area contributed by atoms with Gasteiger partial charge in [0.15, 0.2) is 0 Å². The number of halogens is 1. The fraction of sp³-hybridized carbons (Fsp3) is 0.308. The van der Waals surface area contributed by atoms with Gasteiger partial charge in [0.2, 0.25) is 17.7 Å². The van der Waals surface area contributed by atoms with E-state index in [9.17, 15) is 19.2 Å². The van der Waals surface area contributed by atoms with Gasteiger partial charge in [-0.25, -0.2) is 4.90 Å². The number of rotatable bonds is 4. The maximum atomic E-state index is 12.9. The summed E-state index contributed by atoms with van der Waals surface area (Å²) in [5, 5.41) is 0.551. The van der Waals surface area contributed by atoms with Crippen LogP contribution in [0.25, 0.3) is 0 Å². The van der Waals surface area contributed by atoms with Crippen LogP contribution >= 0.6 is 11.6 Å². The maximum absolute atomic E-state index is 12.9. The minimum Gasteiger partial charge on any atom is -0.426 e. The first kappa shape index (κ1) is 22.3. The van der Waals surface area contributed by atoms with Gasteiger partial charge in [0.05, 0.1) is 23.4 Å². The lowest BCUT2D eigenvalue weighted by molar-refractivity contribution is -0.139. The van der Waals surface area contributed by atoms with Crippen molar-refractivity contribution in [2.45, 2.75) is 26.2 Å². The highest BCUT2D eigenvalue weighted by Crippen LogP contribution is 2.38. The molecule has 2 fully saturated rings. The molecule has 3 amide bonds. The highest BCUT2D eigenvalue weighted by atomic mass is 35.5. The second-order valence-corrected chi connectivity index (χ2v) is 9.28. The molecule has 1 aliphatic carbocycles. The Morgan fingerprint density at radius 2 is 1.68 bits per heavy atom. The summed E-state index contributed by atoms with van der Waals surface area (Å²) in [7, 11) is 0. The van der Waals surface area contributed by atoms with Crippen LogP contribution in [-0.4, -0.2) is 30.2 Å². The lowest BCUT2D eigenvalue weighted by Gasteiger charge is -2.19. The van der Waals surface area contributed by atoms with Gasteiger partial charge in [-0.2, -0.15) is 0 Å². The first-order valence-corrected chi connectivity index (χ1v) is 11.6. The topological polar surface area (TPSA) is 84.0 Å². The monoisotopic (exact) mass is 478 g/mol. The molecule has 0 N–H and O–H groups in total. The Balaban J connectivity index is 1.30. The molecule has 0 bridgehead atoms. The number of carbonyl (C=O) groups excluding carboxylic acids is 4. The number of amides is 3. The number of allylic oxidation sites excluding steroid dienone is 2. The fourth-order valence-corrected chi connectivity index (χ4v) is 5.10. The quantitative estimate of drug-likeness (QED) is 0.286. The number of imide groups is 1. The molecule has 34 heavy (non-hydrogen) atoms. The Morgan fingerprint density at radius 3 is 2.38 bits per heavy atom. The van der Waals surface area contributed by atoms with E-state index in [0.717, 1.165) is 5.56 Å². The first-order chi connectivity index (χ1) is 16.3. The molecule has 2 heterocycles. The largest absolute Gasteiger partial charge is 0.426 e. The molecule has 8 heteroatoms. The Kier molecular flexibility index (Phi) is 5.73. The predicted molar refractivity (Wildman–Crippen MR) is 127 cm³/mol. The number of carbonyl (C=O) groups is 4. The molecular formula is C26H23ClN2O5. The number of hydrogen-bond acceptors (Lipinski definition) is 5. The number of fused-ring (bicyclic) bond motifs is 1. The van der Waals surface area contributed by atoms with Gasteiger partial charge in [-0.15, -0.1) is 0 Å². The van der Waals surface area contributed by atoms with E-state index in [0.29, 0.717) is 29.2 Å². The molecule has 3 atom stereocenters. The molecule has 0 radical (unpaired) electrons. The molecular weight excluding hydrogens is 456 g/mol. The molecule has 174 valence electrons. The van der Waals surface area contributed by atoms with E-state index in [1.807, 2.05) is 19.1 Å². The molecule has 0 aromatic heterocycles. The Morgan fingerprint density at radius 1 is 1.00 bits per heavy atom. The minimum absolute atomic E-state index is 0.0317. The highest BCUT2D eigenvalue weighted by molar-refractivity contribution is 6.31. The molecule has 0 spiro atoms. The Labute approximate surface area is 201 Å². The predicted octanol–water partition coefficient (Wildman–Crippen LogP) is 4.06. The van der Waals surface area contributed by atoms with Crippen LogP contribution in [0, 0.1) is 24.7 Å². The van der Waals surface area contributed by atoms with Crippen molar-refractivity contribution in [1.29, 1.82) is 0 Å².